The van der Waals surface area contributed by atoms with E-state index in [0.717, 1.165) is 18.4 Å². The monoisotopic (exact) mass is 501 g/mol. The number of unbranched alkanes of at least 4 members (excludes halogenated alkanes) is 9. The number of aromatic hydroxyl groups is 1. The van der Waals surface area contributed by atoms with Crippen LogP contribution in [0.25, 0.3) is 0 Å². The Morgan fingerprint density at radius 2 is 1.49 bits per heavy atom. The topological polar surface area (TPSA) is 58.6 Å². The van der Waals surface area contributed by atoms with Crippen LogP contribution in [0.5, 0.6) is 11.5 Å². The molecule has 0 saturated carbocycles. The summed E-state index contributed by atoms with van der Waals surface area (Å²) in [6.07, 6.45) is 12.4. The highest BCUT2D eigenvalue weighted by molar-refractivity contribution is 6.30. The van der Waals surface area contributed by atoms with E-state index in [1.165, 1.54) is 51.4 Å². The van der Waals surface area contributed by atoms with Crippen molar-refractivity contribution in [2.24, 2.45) is 0 Å². The number of benzene rings is 2. The number of halogens is 1. The second kappa shape index (κ2) is 15.0. The molecule has 2 aromatic rings. The lowest BCUT2D eigenvalue weighted by Crippen LogP contribution is -2.33. The number of amides is 1. The lowest BCUT2D eigenvalue weighted by atomic mass is 9.86. The van der Waals surface area contributed by atoms with Gasteiger partial charge < -0.3 is 15.2 Å². The molecule has 1 atom stereocenters. The minimum atomic E-state index is -0.614. The number of carbonyl (C=O) groups excluding carboxylic acids is 1. The number of ether oxygens (including phenoxy) is 1. The minimum Gasteiger partial charge on any atom is -0.508 e. The second-order valence-corrected chi connectivity index (χ2v) is 10.9. The van der Waals surface area contributed by atoms with Gasteiger partial charge in [0, 0.05) is 16.3 Å². The maximum absolute atomic E-state index is 13.1. The molecule has 2 aromatic carbocycles. The first-order valence-corrected chi connectivity index (χ1v) is 13.6. The van der Waals surface area contributed by atoms with Crippen molar-refractivity contribution >= 4 is 23.2 Å². The van der Waals surface area contributed by atoms with E-state index in [0.29, 0.717) is 22.9 Å². The summed E-state index contributed by atoms with van der Waals surface area (Å²) in [6, 6.07) is 12.3. The first-order valence-electron chi connectivity index (χ1n) is 13.3. The Balaban J connectivity index is 1.95. The number of hydrogen-bond acceptors (Lipinski definition) is 3. The Hall–Kier alpha value is -2.20. The highest BCUT2D eigenvalue weighted by Crippen LogP contribution is 2.34. The van der Waals surface area contributed by atoms with Crippen LogP contribution in [0.2, 0.25) is 5.02 Å². The predicted molar refractivity (Wildman–Crippen MR) is 148 cm³/mol. The maximum atomic E-state index is 13.1. The Bertz CT molecular complexity index is 889. The molecule has 0 bridgehead atoms. The average Bonchev–Trinajstić information content (AvgIpc) is 2.81. The van der Waals surface area contributed by atoms with Gasteiger partial charge in [0.05, 0.1) is 0 Å². The van der Waals surface area contributed by atoms with Crippen molar-refractivity contribution in [1.82, 2.24) is 0 Å². The fourth-order valence-corrected chi connectivity index (χ4v) is 4.30. The summed E-state index contributed by atoms with van der Waals surface area (Å²) >= 11 is 5.98. The van der Waals surface area contributed by atoms with Gasteiger partial charge >= 0.3 is 0 Å². The number of hydrogen-bond donors (Lipinski definition) is 2. The Morgan fingerprint density at radius 1 is 0.914 bits per heavy atom. The van der Waals surface area contributed by atoms with Gasteiger partial charge in [-0.15, -0.1) is 0 Å². The molecule has 5 heteroatoms. The van der Waals surface area contributed by atoms with Gasteiger partial charge in [-0.3, -0.25) is 4.79 Å². The summed E-state index contributed by atoms with van der Waals surface area (Å²) in [5.74, 6) is 0.659. The van der Waals surface area contributed by atoms with Crippen LogP contribution in [0.15, 0.2) is 42.5 Å². The molecule has 2 N–H and O–H groups in total. The zero-order valence-electron chi connectivity index (χ0n) is 22.0. The number of rotatable bonds is 15. The molecule has 35 heavy (non-hydrogen) atoms. The van der Waals surface area contributed by atoms with E-state index in [2.05, 4.69) is 12.2 Å². The third-order valence-electron chi connectivity index (χ3n) is 6.28. The van der Waals surface area contributed by atoms with Crippen molar-refractivity contribution in [2.75, 3.05) is 5.32 Å². The summed E-state index contributed by atoms with van der Waals surface area (Å²) in [4.78, 5) is 13.1. The molecule has 0 aliphatic carbocycles. The average molecular weight is 502 g/mol. The van der Waals surface area contributed by atoms with Crippen molar-refractivity contribution in [3.05, 3.63) is 53.1 Å². The zero-order chi connectivity index (χ0) is 25.7. The van der Waals surface area contributed by atoms with Gasteiger partial charge in [0.1, 0.15) is 11.5 Å². The van der Waals surface area contributed by atoms with E-state index in [9.17, 15) is 9.90 Å². The molecule has 4 nitrogen and oxygen atoms in total. The van der Waals surface area contributed by atoms with Gasteiger partial charge in [-0.2, -0.15) is 0 Å². The summed E-state index contributed by atoms with van der Waals surface area (Å²) < 4.78 is 6.20. The van der Waals surface area contributed by atoms with Crippen molar-refractivity contribution in [3.8, 4) is 11.5 Å². The zero-order valence-corrected chi connectivity index (χ0v) is 22.8. The van der Waals surface area contributed by atoms with E-state index < -0.39 is 6.10 Å². The molecule has 0 fully saturated rings. The van der Waals surface area contributed by atoms with Crippen molar-refractivity contribution in [2.45, 2.75) is 110 Å². The van der Waals surface area contributed by atoms with E-state index in [-0.39, 0.29) is 17.1 Å². The van der Waals surface area contributed by atoms with Gasteiger partial charge in [0.15, 0.2) is 6.10 Å². The fraction of sp³-hybridized carbons (Fsp3) is 0.567. The Kier molecular flexibility index (Phi) is 12.5. The van der Waals surface area contributed by atoms with Crippen LogP contribution < -0.4 is 10.1 Å². The number of phenolic OH excluding ortho intramolecular Hbond substituents is 1. The van der Waals surface area contributed by atoms with Crippen LogP contribution in [0.4, 0.5) is 5.69 Å². The maximum Gasteiger partial charge on any atom is 0.265 e. The predicted octanol–water partition coefficient (Wildman–Crippen LogP) is 9.04. The molecule has 1 unspecified atom stereocenters. The van der Waals surface area contributed by atoms with Gasteiger partial charge in [-0.1, -0.05) is 97.1 Å². The standard InChI is InChI=1S/C30H44ClNO3/c1-5-6-7-8-9-10-11-12-13-14-15-28(29(34)32-24-18-16-23(31)17-19-24)35-25-20-21-27(33)26(22-25)30(2,3)4/h16-22,28,33H,5-15H2,1-4H3,(H,32,34). The van der Waals surface area contributed by atoms with Crippen molar-refractivity contribution in [1.29, 1.82) is 0 Å². The second-order valence-electron chi connectivity index (χ2n) is 10.5. The molecule has 2 rings (SSSR count). The van der Waals surface area contributed by atoms with Crippen LogP contribution in [-0.4, -0.2) is 17.1 Å². The molecule has 0 heterocycles. The Morgan fingerprint density at radius 3 is 2.06 bits per heavy atom. The van der Waals surface area contributed by atoms with Gasteiger partial charge in [0.2, 0.25) is 0 Å². The number of nitrogens with one attached hydrogen (secondary N) is 1. The third kappa shape index (κ3) is 10.9. The Labute approximate surface area is 217 Å². The smallest absolute Gasteiger partial charge is 0.265 e. The van der Waals surface area contributed by atoms with E-state index in [4.69, 9.17) is 16.3 Å². The van der Waals surface area contributed by atoms with Gasteiger partial charge in [-0.25, -0.2) is 0 Å². The van der Waals surface area contributed by atoms with E-state index in [1.807, 2.05) is 26.8 Å². The van der Waals surface area contributed by atoms with Crippen LogP contribution >= 0.6 is 11.6 Å². The molecule has 1 amide bonds. The molecular formula is C30H44ClNO3. The molecular weight excluding hydrogens is 458 g/mol. The summed E-state index contributed by atoms with van der Waals surface area (Å²) in [5, 5.41) is 13.9. The molecule has 0 spiro atoms. The first-order chi connectivity index (χ1) is 16.7. The largest absolute Gasteiger partial charge is 0.508 e. The number of phenols is 1. The highest BCUT2D eigenvalue weighted by atomic mass is 35.5. The van der Waals surface area contributed by atoms with Gasteiger partial charge in [-0.05, 0) is 60.7 Å². The van der Waals surface area contributed by atoms with E-state index in [1.54, 1.807) is 36.4 Å². The van der Waals surface area contributed by atoms with Crippen molar-refractivity contribution in [3.63, 3.8) is 0 Å². The highest BCUT2D eigenvalue weighted by Gasteiger charge is 2.23. The minimum absolute atomic E-state index is 0.173. The molecule has 0 aliphatic rings. The molecule has 0 radical (unpaired) electrons. The number of carbonyl (C=O) groups is 1. The normalized spacial score (nSPS) is 12.4. The van der Waals surface area contributed by atoms with Gasteiger partial charge in [0.25, 0.3) is 5.91 Å². The summed E-state index contributed by atoms with van der Waals surface area (Å²) in [5.41, 5.74) is 1.25. The quantitative estimate of drug-likeness (QED) is 0.239. The summed E-state index contributed by atoms with van der Waals surface area (Å²) in [6.45, 7) is 8.37. The molecule has 0 aliphatic heterocycles. The van der Waals surface area contributed by atoms with Crippen LogP contribution in [0.3, 0.4) is 0 Å². The van der Waals surface area contributed by atoms with Crippen molar-refractivity contribution < 1.29 is 14.6 Å². The van der Waals surface area contributed by atoms with E-state index >= 15 is 0 Å². The SMILES string of the molecule is CCCCCCCCCCCCC(Oc1ccc(O)c(C(C)(C)C)c1)C(=O)Nc1ccc(Cl)cc1. The molecule has 0 aromatic heterocycles. The molecule has 194 valence electrons. The molecule has 0 saturated heterocycles. The lowest BCUT2D eigenvalue weighted by molar-refractivity contribution is -0.123. The van der Waals surface area contributed by atoms with Crippen LogP contribution in [-0.2, 0) is 10.2 Å². The lowest BCUT2D eigenvalue weighted by Gasteiger charge is -2.23. The van der Waals surface area contributed by atoms with Crippen LogP contribution in [0, 0.1) is 0 Å². The fourth-order valence-electron chi connectivity index (χ4n) is 4.17. The first kappa shape index (κ1) is 29.0. The van der Waals surface area contributed by atoms with Crippen LogP contribution in [0.1, 0.15) is 104 Å². The number of anilines is 1. The summed E-state index contributed by atoms with van der Waals surface area (Å²) in [7, 11) is 0. The third-order valence-corrected chi connectivity index (χ3v) is 6.53.